The van der Waals surface area contributed by atoms with E-state index in [0.29, 0.717) is 23.0 Å². The number of aromatic nitrogens is 3. The van der Waals surface area contributed by atoms with Gasteiger partial charge in [0.25, 0.3) is 5.91 Å². The zero-order chi connectivity index (χ0) is 18.4. The number of nitrogens with zero attached hydrogens (tertiary/aromatic N) is 3. The standard InChI is InChI=1S/C17H24N4O3S/c1-10(2)15-7-13(14-8-18-21(11(3)4)16(14)20-15)17(22)19-12-5-6-25(23,24)9-12/h7-8,10-12H,5-6,9H2,1-4H3,(H,19,22). The fourth-order valence-corrected chi connectivity index (χ4v) is 4.74. The average molecular weight is 364 g/mol. The lowest BCUT2D eigenvalue weighted by Gasteiger charge is -2.14. The van der Waals surface area contributed by atoms with Gasteiger partial charge in [-0.05, 0) is 32.3 Å². The molecule has 0 saturated carbocycles. The number of rotatable bonds is 4. The Morgan fingerprint density at radius 2 is 2.04 bits per heavy atom. The van der Waals surface area contributed by atoms with E-state index in [1.165, 1.54) is 0 Å². The SMILES string of the molecule is CC(C)c1cc(C(=O)NC2CCS(=O)(=O)C2)c2cnn(C(C)C)c2n1. The lowest BCUT2D eigenvalue weighted by Crippen LogP contribution is -2.35. The van der Waals surface area contributed by atoms with Crippen LogP contribution in [0.25, 0.3) is 11.0 Å². The topological polar surface area (TPSA) is 94.0 Å². The molecule has 0 aromatic carbocycles. The first-order chi connectivity index (χ1) is 11.7. The van der Waals surface area contributed by atoms with Crippen molar-refractivity contribution >= 4 is 26.8 Å². The summed E-state index contributed by atoms with van der Waals surface area (Å²) in [4.78, 5) is 17.5. The van der Waals surface area contributed by atoms with Crippen LogP contribution in [0.3, 0.4) is 0 Å². The largest absolute Gasteiger partial charge is 0.348 e. The maximum Gasteiger partial charge on any atom is 0.252 e. The molecule has 1 atom stereocenters. The molecular formula is C17H24N4O3S. The minimum atomic E-state index is -3.04. The van der Waals surface area contributed by atoms with Crippen LogP contribution in [-0.2, 0) is 9.84 Å². The van der Waals surface area contributed by atoms with E-state index in [9.17, 15) is 13.2 Å². The molecule has 1 N–H and O–H groups in total. The van der Waals surface area contributed by atoms with Gasteiger partial charge in [-0.1, -0.05) is 13.8 Å². The van der Waals surface area contributed by atoms with Gasteiger partial charge in [0.15, 0.2) is 15.5 Å². The van der Waals surface area contributed by atoms with Gasteiger partial charge in [0.05, 0.1) is 28.7 Å². The Balaban J connectivity index is 2.01. The first kappa shape index (κ1) is 17.8. The summed E-state index contributed by atoms with van der Waals surface area (Å²) in [5, 5.41) is 7.93. The van der Waals surface area contributed by atoms with Gasteiger partial charge in [-0.3, -0.25) is 4.79 Å². The van der Waals surface area contributed by atoms with Crippen LogP contribution in [0, 0.1) is 0 Å². The minimum Gasteiger partial charge on any atom is -0.348 e. The van der Waals surface area contributed by atoms with E-state index in [2.05, 4.69) is 15.4 Å². The Hall–Kier alpha value is -1.96. The number of carbonyl (C=O) groups is 1. The van der Waals surface area contributed by atoms with Gasteiger partial charge in [0, 0.05) is 17.8 Å². The van der Waals surface area contributed by atoms with Gasteiger partial charge < -0.3 is 5.32 Å². The summed E-state index contributed by atoms with van der Waals surface area (Å²) in [6.07, 6.45) is 2.12. The molecular weight excluding hydrogens is 340 g/mol. The number of sulfone groups is 1. The van der Waals surface area contributed by atoms with E-state index in [4.69, 9.17) is 0 Å². The summed E-state index contributed by atoms with van der Waals surface area (Å²) in [5.74, 6) is 0.0413. The van der Waals surface area contributed by atoms with Crippen LogP contribution >= 0.6 is 0 Å². The smallest absolute Gasteiger partial charge is 0.252 e. The van der Waals surface area contributed by atoms with Crippen molar-refractivity contribution < 1.29 is 13.2 Å². The van der Waals surface area contributed by atoms with E-state index in [1.807, 2.05) is 27.7 Å². The summed E-state index contributed by atoms with van der Waals surface area (Å²) >= 11 is 0. The van der Waals surface area contributed by atoms with Crippen molar-refractivity contribution in [3.63, 3.8) is 0 Å². The molecule has 1 aliphatic rings. The summed E-state index contributed by atoms with van der Waals surface area (Å²) in [5.41, 5.74) is 2.01. The van der Waals surface area contributed by atoms with Gasteiger partial charge in [-0.15, -0.1) is 0 Å². The zero-order valence-corrected chi connectivity index (χ0v) is 15.8. The molecule has 0 aliphatic carbocycles. The average Bonchev–Trinajstić information content (AvgIpc) is 3.08. The van der Waals surface area contributed by atoms with Crippen molar-refractivity contribution in [3.8, 4) is 0 Å². The highest BCUT2D eigenvalue weighted by Crippen LogP contribution is 2.24. The molecule has 2 aromatic rings. The third kappa shape index (κ3) is 3.53. The molecule has 2 aromatic heterocycles. The molecule has 136 valence electrons. The Bertz CT molecular complexity index is 915. The quantitative estimate of drug-likeness (QED) is 0.896. The van der Waals surface area contributed by atoms with Crippen molar-refractivity contribution in [3.05, 3.63) is 23.5 Å². The molecule has 3 rings (SSSR count). The second-order valence-electron chi connectivity index (χ2n) is 7.24. The van der Waals surface area contributed by atoms with Crippen LogP contribution in [0.2, 0.25) is 0 Å². The molecule has 8 heteroatoms. The van der Waals surface area contributed by atoms with Crippen LogP contribution in [0.15, 0.2) is 12.3 Å². The number of fused-ring (bicyclic) bond motifs is 1. The summed E-state index contributed by atoms with van der Waals surface area (Å²) in [6.45, 7) is 8.07. The molecule has 7 nitrogen and oxygen atoms in total. The normalized spacial score (nSPS) is 19.8. The van der Waals surface area contributed by atoms with Gasteiger partial charge in [0.1, 0.15) is 0 Å². The van der Waals surface area contributed by atoms with Crippen LogP contribution in [0.5, 0.6) is 0 Å². The van der Waals surface area contributed by atoms with Crippen LogP contribution < -0.4 is 5.32 Å². The number of hydrogen-bond donors (Lipinski definition) is 1. The van der Waals surface area contributed by atoms with Crippen molar-refractivity contribution in [1.29, 1.82) is 0 Å². The Kier molecular flexibility index (Phi) is 4.57. The predicted molar refractivity (Wildman–Crippen MR) is 96.5 cm³/mol. The van der Waals surface area contributed by atoms with Gasteiger partial charge in [-0.2, -0.15) is 5.10 Å². The highest BCUT2D eigenvalue weighted by molar-refractivity contribution is 7.91. The molecule has 0 radical (unpaired) electrons. The molecule has 1 saturated heterocycles. The van der Waals surface area contributed by atoms with E-state index < -0.39 is 9.84 Å². The monoisotopic (exact) mass is 364 g/mol. The van der Waals surface area contributed by atoms with Gasteiger partial charge in [0.2, 0.25) is 0 Å². The molecule has 1 unspecified atom stereocenters. The number of hydrogen-bond acceptors (Lipinski definition) is 5. The van der Waals surface area contributed by atoms with Crippen molar-refractivity contribution in [2.75, 3.05) is 11.5 Å². The summed E-state index contributed by atoms with van der Waals surface area (Å²) in [6, 6.07) is 1.59. The molecule has 0 bridgehead atoms. The number of amides is 1. The highest BCUT2D eigenvalue weighted by atomic mass is 32.2. The fraction of sp³-hybridized carbons (Fsp3) is 0.588. The van der Waals surface area contributed by atoms with Crippen molar-refractivity contribution in [1.82, 2.24) is 20.1 Å². The number of nitrogens with one attached hydrogen (secondary N) is 1. The van der Waals surface area contributed by atoms with Crippen LogP contribution in [0.1, 0.15) is 62.1 Å². The third-order valence-corrected chi connectivity index (χ3v) is 6.25. The zero-order valence-electron chi connectivity index (χ0n) is 15.0. The maximum atomic E-state index is 12.8. The Morgan fingerprint density at radius 3 is 2.60 bits per heavy atom. The molecule has 1 aliphatic heterocycles. The fourth-order valence-electron chi connectivity index (χ4n) is 3.07. The predicted octanol–water partition coefficient (Wildman–Crippen LogP) is 2.05. The lowest BCUT2D eigenvalue weighted by molar-refractivity contribution is 0.0942. The first-order valence-electron chi connectivity index (χ1n) is 8.57. The van der Waals surface area contributed by atoms with E-state index >= 15 is 0 Å². The van der Waals surface area contributed by atoms with Gasteiger partial charge >= 0.3 is 0 Å². The maximum absolute atomic E-state index is 12.8. The summed E-state index contributed by atoms with van der Waals surface area (Å²) in [7, 11) is -3.04. The second-order valence-corrected chi connectivity index (χ2v) is 9.47. The molecule has 0 spiro atoms. The number of pyridine rings is 1. The molecule has 1 fully saturated rings. The Labute approximate surface area is 147 Å². The Morgan fingerprint density at radius 1 is 1.32 bits per heavy atom. The number of carbonyl (C=O) groups excluding carboxylic acids is 1. The van der Waals surface area contributed by atoms with E-state index in [-0.39, 0.29) is 35.4 Å². The second kappa shape index (κ2) is 6.40. The van der Waals surface area contributed by atoms with E-state index in [1.54, 1.807) is 16.9 Å². The first-order valence-corrected chi connectivity index (χ1v) is 10.4. The lowest BCUT2D eigenvalue weighted by atomic mass is 10.0. The highest BCUT2D eigenvalue weighted by Gasteiger charge is 2.30. The molecule has 3 heterocycles. The van der Waals surface area contributed by atoms with Crippen LogP contribution in [0.4, 0.5) is 0 Å². The third-order valence-electron chi connectivity index (χ3n) is 4.48. The van der Waals surface area contributed by atoms with Gasteiger partial charge in [-0.25, -0.2) is 18.1 Å². The summed E-state index contributed by atoms with van der Waals surface area (Å²) < 4.78 is 25.0. The minimum absolute atomic E-state index is 0.00919. The van der Waals surface area contributed by atoms with E-state index in [0.717, 1.165) is 5.69 Å². The van der Waals surface area contributed by atoms with Crippen molar-refractivity contribution in [2.24, 2.45) is 0 Å². The van der Waals surface area contributed by atoms with Crippen molar-refractivity contribution in [2.45, 2.75) is 52.1 Å². The molecule has 1 amide bonds. The van der Waals surface area contributed by atoms with Crippen LogP contribution in [-0.4, -0.2) is 46.6 Å². The molecule has 25 heavy (non-hydrogen) atoms.